The number of aromatic nitrogens is 2. The van der Waals surface area contributed by atoms with Gasteiger partial charge in [-0.2, -0.15) is 18.2 Å². The van der Waals surface area contributed by atoms with E-state index in [2.05, 4.69) is 31.2 Å². The second kappa shape index (κ2) is 12.6. The first-order valence-corrected chi connectivity index (χ1v) is 14.6. The van der Waals surface area contributed by atoms with Crippen molar-refractivity contribution in [2.75, 3.05) is 34.1 Å². The number of carbonyl (C=O) groups is 1. The molecule has 2 unspecified atom stereocenters. The molecule has 43 heavy (non-hydrogen) atoms. The third-order valence-electron chi connectivity index (χ3n) is 6.00. The summed E-state index contributed by atoms with van der Waals surface area (Å²) in [6.45, 7) is 1.57. The van der Waals surface area contributed by atoms with Crippen LogP contribution in [-0.2, 0) is 15.9 Å². The Hall–Kier alpha value is -4.76. The van der Waals surface area contributed by atoms with Crippen LogP contribution >= 0.6 is 0 Å². The minimum absolute atomic E-state index is 0.179. The number of hydrogen-bond donors (Lipinski definition) is 6. The van der Waals surface area contributed by atoms with E-state index in [1.165, 1.54) is 18.4 Å². The fourth-order valence-corrected chi connectivity index (χ4v) is 4.44. The van der Waals surface area contributed by atoms with E-state index in [1.54, 1.807) is 49.5 Å². The van der Waals surface area contributed by atoms with Gasteiger partial charge in [-0.3, -0.25) is 0 Å². The van der Waals surface area contributed by atoms with Crippen LogP contribution in [0.5, 0.6) is 0 Å². The number of alkyl halides is 3. The molecular weight excluding hydrogens is 590 g/mol. The molecule has 4 rings (SSSR count). The van der Waals surface area contributed by atoms with E-state index in [0.717, 1.165) is 0 Å². The summed E-state index contributed by atoms with van der Waals surface area (Å²) >= 11 is 0. The fourth-order valence-electron chi connectivity index (χ4n) is 3.78. The molecule has 0 saturated carbocycles. The zero-order valence-corrected chi connectivity index (χ0v) is 23.6. The molecule has 6 N–H and O–H groups in total. The summed E-state index contributed by atoms with van der Waals surface area (Å²) in [7, 11) is -2.86. The van der Waals surface area contributed by atoms with Crippen molar-refractivity contribution in [1.29, 1.82) is 4.78 Å². The summed E-state index contributed by atoms with van der Waals surface area (Å²) in [4.78, 5) is 21.6. The maximum Gasteiger partial charge on any atom is 0.416 e. The summed E-state index contributed by atoms with van der Waals surface area (Å²) in [5.74, 6) is -0.411. The number of anilines is 5. The van der Waals surface area contributed by atoms with Crippen LogP contribution in [0.1, 0.15) is 12.5 Å². The van der Waals surface area contributed by atoms with E-state index >= 15 is 0 Å². The van der Waals surface area contributed by atoms with Crippen LogP contribution in [0, 0.1) is 10.6 Å². The topological polar surface area (TPSA) is 152 Å². The van der Waals surface area contributed by atoms with Gasteiger partial charge < -0.3 is 26.4 Å². The lowest BCUT2D eigenvalue weighted by Gasteiger charge is -2.17. The Morgan fingerprint density at radius 2 is 1.67 bits per heavy atom. The van der Waals surface area contributed by atoms with Gasteiger partial charge in [0.1, 0.15) is 11.6 Å². The van der Waals surface area contributed by atoms with Crippen molar-refractivity contribution >= 4 is 44.6 Å². The van der Waals surface area contributed by atoms with Crippen LogP contribution < -0.4 is 21.3 Å². The van der Waals surface area contributed by atoms with Crippen molar-refractivity contribution in [3.8, 4) is 11.1 Å². The maximum atomic E-state index is 14.0. The van der Waals surface area contributed by atoms with Crippen LogP contribution in [0.3, 0.4) is 0 Å². The summed E-state index contributed by atoms with van der Waals surface area (Å²) in [6.07, 6.45) is -1.83. The number of amides is 2. The first kappa shape index (κ1) is 31.2. The highest BCUT2D eigenvalue weighted by molar-refractivity contribution is 7.91. The van der Waals surface area contributed by atoms with Crippen molar-refractivity contribution in [2.24, 2.45) is 0 Å². The largest absolute Gasteiger partial charge is 0.416 e. The zero-order valence-electron chi connectivity index (χ0n) is 22.8. The second-order valence-corrected chi connectivity index (χ2v) is 11.7. The normalized spacial score (nSPS) is 13.5. The van der Waals surface area contributed by atoms with E-state index in [9.17, 15) is 31.7 Å². The van der Waals surface area contributed by atoms with E-state index in [-0.39, 0.29) is 24.3 Å². The Morgan fingerprint density at radius 3 is 2.28 bits per heavy atom. The third-order valence-corrected chi connectivity index (χ3v) is 7.17. The van der Waals surface area contributed by atoms with E-state index < -0.39 is 39.0 Å². The standard InChI is InChI=1S/C28H27F4N7O3S/c1-16(15-40)35-25-22(14-34-26(39-25)36-19-8-10-21(11-9-19)43(2,33)42)17-3-6-20(7-4-17)37-27(41)38-24-13-18(28(30,31)32)5-12-23(24)29/h3-14,16,33,40H,15H2,1-2H3,(H2,37,38,41)(H2,34,35,36,39). The Bertz CT molecular complexity index is 1720. The number of benzene rings is 3. The number of nitrogens with zero attached hydrogens (tertiary/aromatic N) is 2. The molecule has 15 heteroatoms. The smallest absolute Gasteiger partial charge is 0.394 e. The van der Waals surface area contributed by atoms with Gasteiger partial charge in [-0.05, 0) is 67.1 Å². The average Bonchev–Trinajstić information content (AvgIpc) is 2.94. The summed E-state index contributed by atoms with van der Waals surface area (Å²) in [5, 5.41) is 20.2. The molecule has 0 spiro atoms. The monoisotopic (exact) mass is 617 g/mol. The van der Waals surface area contributed by atoms with Gasteiger partial charge in [-0.1, -0.05) is 12.1 Å². The lowest BCUT2D eigenvalue weighted by atomic mass is 10.1. The van der Waals surface area contributed by atoms with Crippen LogP contribution in [0.25, 0.3) is 11.1 Å². The number of hydrogen-bond acceptors (Lipinski definition) is 8. The van der Waals surface area contributed by atoms with Gasteiger partial charge in [-0.25, -0.2) is 23.2 Å². The van der Waals surface area contributed by atoms with Crippen LogP contribution in [0.4, 0.5) is 51.2 Å². The van der Waals surface area contributed by atoms with Crippen molar-refractivity contribution in [1.82, 2.24) is 9.97 Å². The molecule has 0 bridgehead atoms. The summed E-state index contributed by atoms with van der Waals surface area (Å²) in [5.41, 5.74) is 0.334. The molecule has 0 aliphatic rings. The molecular formula is C28H27F4N7O3S. The van der Waals surface area contributed by atoms with Crippen molar-refractivity contribution in [3.63, 3.8) is 0 Å². The van der Waals surface area contributed by atoms with Gasteiger partial charge in [0.2, 0.25) is 5.95 Å². The lowest BCUT2D eigenvalue weighted by Crippen LogP contribution is -2.21. The molecule has 0 aliphatic heterocycles. The predicted octanol–water partition coefficient (Wildman–Crippen LogP) is 6.52. The molecule has 0 aliphatic carbocycles. The van der Waals surface area contributed by atoms with Gasteiger partial charge in [-0.15, -0.1) is 0 Å². The maximum absolute atomic E-state index is 14.0. The second-order valence-electron chi connectivity index (χ2n) is 9.53. The number of rotatable bonds is 9. The van der Waals surface area contributed by atoms with Crippen molar-refractivity contribution in [2.45, 2.75) is 24.0 Å². The molecule has 3 aromatic carbocycles. The quantitative estimate of drug-likeness (QED) is 0.117. The predicted molar refractivity (Wildman–Crippen MR) is 156 cm³/mol. The first-order valence-electron chi connectivity index (χ1n) is 12.6. The van der Waals surface area contributed by atoms with Gasteiger partial charge in [0.25, 0.3) is 0 Å². The average molecular weight is 618 g/mol. The zero-order chi connectivity index (χ0) is 31.4. The molecule has 1 aromatic heterocycles. The molecule has 1 heterocycles. The highest BCUT2D eigenvalue weighted by Gasteiger charge is 2.31. The highest BCUT2D eigenvalue weighted by atomic mass is 32.2. The minimum atomic E-state index is -4.70. The third kappa shape index (κ3) is 8.17. The molecule has 226 valence electrons. The van der Waals surface area contributed by atoms with Gasteiger partial charge in [0, 0.05) is 40.3 Å². The van der Waals surface area contributed by atoms with Crippen LogP contribution in [0.2, 0.25) is 0 Å². The number of carbonyl (C=O) groups excluding carboxylic acids is 1. The number of halogens is 4. The van der Waals surface area contributed by atoms with Crippen molar-refractivity contribution < 1.29 is 31.7 Å². The number of aliphatic hydroxyl groups excluding tert-OH is 1. The number of urea groups is 1. The molecule has 0 fully saturated rings. The minimum Gasteiger partial charge on any atom is -0.394 e. The Labute approximate surface area is 244 Å². The SMILES string of the molecule is CC(CO)Nc1nc(Nc2ccc(S(C)(=N)=O)cc2)ncc1-c1ccc(NC(=O)Nc2cc(C(F)(F)F)ccc2F)cc1. The molecule has 0 radical (unpaired) electrons. The van der Waals surface area contributed by atoms with Gasteiger partial charge in [0.15, 0.2) is 0 Å². The number of nitrogens with one attached hydrogen (secondary N) is 5. The van der Waals surface area contributed by atoms with Gasteiger partial charge in [0.05, 0.1) is 27.6 Å². The van der Waals surface area contributed by atoms with Crippen LogP contribution in [-0.4, -0.2) is 44.2 Å². The van der Waals surface area contributed by atoms with E-state index in [0.29, 0.717) is 45.7 Å². The lowest BCUT2D eigenvalue weighted by molar-refractivity contribution is -0.137. The molecule has 4 aromatic rings. The summed E-state index contributed by atoms with van der Waals surface area (Å²) in [6, 6.07) is 13.2. The van der Waals surface area contributed by atoms with E-state index in [4.69, 9.17) is 4.78 Å². The fraction of sp³-hybridized carbons (Fsp3) is 0.179. The molecule has 2 amide bonds. The Kier molecular flexibility index (Phi) is 9.16. The molecule has 0 saturated heterocycles. The van der Waals surface area contributed by atoms with Gasteiger partial charge >= 0.3 is 12.2 Å². The first-order chi connectivity index (χ1) is 20.2. The van der Waals surface area contributed by atoms with Crippen molar-refractivity contribution in [3.05, 3.63) is 84.3 Å². The Balaban J connectivity index is 1.51. The summed E-state index contributed by atoms with van der Waals surface area (Å²) < 4.78 is 72.5. The Morgan fingerprint density at radius 1 is 1.02 bits per heavy atom. The molecule has 2 atom stereocenters. The number of aliphatic hydroxyl groups is 1. The highest BCUT2D eigenvalue weighted by Crippen LogP contribution is 2.32. The molecule has 10 nitrogen and oxygen atoms in total. The van der Waals surface area contributed by atoms with Crippen LogP contribution in [0.15, 0.2) is 77.8 Å². The van der Waals surface area contributed by atoms with E-state index in [1.807, 2.05) is 0 Å².